The Hall–Kier alpha value is -1.28. The molecule has 0 aliphatic carbocycles. The zero-order chi connectivity index (χ0) is 18.3. The Morgan fingerprint density at radius 1 is 1.04 bits per heavy atom. The van der Waals surface area contributed by atoms with E-state index in [2.05, 4.69) is 45.1 Å². The summed E-state index contributed by atoms with van der Waals surface area (Å²) in [5.41, 5.74) is 2.38. The quantitative estimate of drug-likeness (QED) is 0.522. The van der Waals surface area contributed by atoms with Gasteiger partial charge in [-0.25, -0.2) is 0 Å². The van der Waals surface area contributed by atoms with Crippen molar-refractivity contribution in [2.45, 2.75) is 73.3 Å². The van der Waals surface area contributed by atoms with Crippen molar-refractivity contribution >= 4 is 6.08 Å². The van der Waals surface area contributed by atoms with Gasteiger partial charge in [0, 0.05) is 12.7 Å². The van der Waals surface area contributed by atoms with E-state index in [1.54, 1.807) is 14.2 Å². The van der Waals surface area contributed by atoms with Gasteiger partial charge in [0.2, 0.25) is 0 Å². The lowest BCUT2D eigenvalue weighted by Gasteiger charge is -2.22. The van der Waals surface area contributed by atoms with Crippen LogP contribution >= 0.6 is 0 Å². The third kappa shape index (κ3) is 11.0. The highest BCUT2D eigenvalue weighted by Crippen LogP contribution is 2.22. The smallest absolute Gasteiger partial charge is 0.126 e. The Morgan fingerprint density at radius 3 is 2.17 bits per heavy atom. The summed E-state index contributed by atoms with van der Waals surface area (Å²) < 4.78 is 10.8. The largest absolute Gasteiger partial charge is 0.496 e. The van der Waals surface area contributed by atoms with Crippen LogP contribution in [0.15, 0.2) is 24.3 Å². The standard InChI is InChI=1S/C17H26O2.2C2H6/c1-14-10-11-16(18-4)15(13-14)9-7-6-8-12-17(2,3)19-5;2*1-2/h7,9-11,13H,6,8,12H2,1-5H3;2*1-2H3/b9-7+;;. The minimum atomic E-state index is -0.0190. The Balaban J connectivity index is 0. The molecule has 1 aromatic rings. The molecule has 2 heteroatoms. The van der Waals surface area contributed by atoms with Crippen LogP contribution in [0.2, 0.25) is 0 Å². The molecule has 134 valence electrons. The summed E-state index contributed by atoms with van der Waals surface area (Å²) in [6, 6.07) is 6.23. The Labute approximate surface area is 144 Å². The molecule has 0 bridgehead atoms. The molecule has 23 heavy (non-hydrogen) atoms. The second kappa shape index (κ2) is 14.3. The number of allylic oxidation sites excluding steroid dienone is 1. The molecule has 0 heterocycles. The molecule has 0 N–H and O–H groups in total. The number of hydrogen-bond acceptors (Lipinski definition) is 2. The highest BCUT2D eigenvalue weighted by molar-refractivity contribution is 5.58. The van der Waals surface area contributed by atoms with Gasteiger partial charge in [0.1, 0.15) is 5.75 Å². The molecule has 0 spiro atoms. The highest BCUT2D eigenvalue weighted by Gasteiger charge is 2.14. The number of rotatable bonds is 7. The number of unbranched alkanes of at least 4 members (excludes halogenated alkanes) is 1. The summed E-state index contributed by atoms with van der Waals surface area (Å²) >= 11 is 0. The zero-order valence-electron chi connectivity index (χ0n) is 16.8. The van der Waals surface area contributed by atoms with Crippen LogP contribution in [0.4, 0.5) is 0 Å². The fourth-order valence-corrected chi connectivity index (χ4v) is 1.94. The van der Waals surface area contributed by atoms with Gasteiger partial charge in [0.25, 0.3) is 0 Å². The molecule has 1 aromatic carbocycles. The summed E-state index contributed by atoms with van der Waals surface area (Å²) in [6.45, 7) is 14.3. The van der Waals surface area contributed by atoms with Crippen molar-refractivity contribution in [3.8, 4) is 5.75 Å². The van der Waals surface area contributed by atoms with Crippen molar-refractivity contribution in [2.75, 3.05) is 14.2 Å². The van der Waals surface area contributed by atoms with E-state index in [0.29, 0.717) is 0 Å². The molecule has 2 nitrogen and oxygen atoms in total. The topological polar surface area (TPSA) is 18.5 Å². The van der Waals surface area contributed by atoms with E-state index in [1.807, 2.05) is 33.8 Å². The fourth-order valence-electron chi connectivity index (χ4n) is 1.94. The third-order valence-corrected chi connectivity index (χ3v) is 3.38. The lowest BCUT2D eigenvalue weighted by atomic mass is 10.0. The average Bonchev–Trinajstić information content (AvgIpc) is 2.58. The van der Waals surface area contributed by atoms with Gasteiger partial charge < -0.3 is 9.47 Å². The first-order valence-electron chi connectivity index (χ1n) is 8.85. The fraction of sp³-hybridized carbons (Fsp3) is 0.619. The van der Waals surface area contributed by atoms with Crippen LogP contribution in [0, 0.1) is 6.92 Å². The second-order valence-corrected chi connectivity index (χ2v) is 5.50. The van der Waals surface area contributed by atoms with Crippen molar-refractivity contribution in [1.29, 1.82) is 0 Å². The van der Waals surface area contributed by atoms with E-state index in [1.165, 1.54) is 5.56 Å². The maximum atomic E-state index is 5.41. The number of ether oxygens (including phenoxy) is 2. The molecule has 0 aliphatic rings. The predicted molar refractivity (Wildman–Crippen MR) is 104 cm³/mol. The monoisotopic (exact) mass is 322 g/mol. The van der Waals surface area contributed by atoms with Crippen molar-refractivity contribution in [3.05, 3.63) is 35.4 Å². The molecule has 0 saturated heterocycles. The summed E-state index contributed by atoms with van der Waals surface area (Å²) in [5.74, 6) is 0.930. The normalized spacial score (nSPS) is 10.5. The average molecular weight is 323 g/mol. The van der Waals surface area contributed by atoms with E-state index in [-0.39, 0.29) is 5.60 Å². The lowest BCUT2D eigenvalue weighted by Crippen LogP contribution is -2.21. The van der Waals surface area contributed by atoms with E-state index < -0.39 is 0 Å². The van der Waals surface area contributed by atoms with Crippen LogP contribution in [0.3, 0.4) is 0 Å². The molecule has 0 atom stereocenters. The van der Waals surface area contributed by atoms with Gasteiger partial charge in [0.05, 0.1) is 12.7 Å². The maximum Gasteiger partial charge on any atom is 0.126 e. The van der Waals surface area contributed by atoms with Gasteiger partial charge in [-0.2, -0.15) is 0 Å². The first-order valence-corrected chi connectivity index (χ1v) is 8.85. The molecule has 0 fully saturated rings. The van der Waals surface area contributed by atoms with Gasteiger partial charge in [-0.1, -0.05) is 51.5 Å². The van der Waals surface area contributed by atoms with E-state index in [9.17, 15) is 0 Å². The maximum absolute atomic E-state index is 5.41. The molecule has 0 amide bonds. The van der Waals surface area contributed by atoms with Crippen LogP contribution < -0.4 is 4.74 Å². The van der Waals surface area contributed by atoms with Crippen molar-refractivity contribution in [2.24, 2.45) is 0 Å². The van der Waals surface area contributed by atoms with Crippen LogP contribution in [-0.4, -0.2) is 19.8 Å². The summed E-state index contributed by atoms with van der Waals surface area (Å²) in [4.78, 5) is 0. The number of aryl methyl sites for hydroxylation is 1. The Morgan fingerprint density at radius 2 is 1.65 bits per heavy atom. The van der Waals surface area contributed by atoms with Gasteiger partial charge in [-0.05, 0) is 52.2 Å². The van der Waals surface area contributed by atoms with E-state index in [0.717, 1.165) is 30.6 Å². The van der Waals surface area contributed by atoms with Crippen LogP contribution in [0.1, 0.15) is 71.9 Å². The summed E-state index contributed by atoms with van der Waals surface area (Å²) in [6.07, 6.45) is 7.61. The molecular formula is C21H38O2. The third-order valence-electron chi connectivity index (χ3n) is 3.38. The molecule has 0 radical (unpaired) electrons. The van der Waals surface area contributed by atoms with Gasteiger partial charge in [-0.15, -0.1) is 0 Å². The van der Waals surface area contributed by atoms with Crippen LogP contribution in [0.25, 0.3) is 6.08 Å². The van der Waals surface area contributed by atoms with E-state index >= 15 is 0 Å². The Bertz CT molecular complexity index is 420. The minimum Gasteiger partial charge on any atom is -0.496 e. The molecule has 0 aromatic heterocycles. The lowest BCUT2D eigenvalue weighted by molar-refractivity contribution is 0.0141. The van der Waals surface area contributed by atoms with E-state index in [4.69, 9.17) is 9.47 Å². The SMILES string of the molecule is CC.CC.COc1ccc(C)cc1/C=C/CCCC(C)(C)OC. The van der Waals surface area contributed by atoms with Crippen LogP contribution in [0.5, 0.6) is 5.75 Å². The molecule has 0 aliphatic heterocycles. The zero-order valence-corrected chi connectivity index (χ0v) is 16.8. The number of benzene rings is 1. The molecule has 0 saturated carbocycles. The molecular weight excluding hydrogens is 284 g/mol. The van der Waals surface area contributed by atoms with Gasteiger partial charge in [0.15, 0.2) is 0 Å². The van der Waals surface area contributed by atoms with Crippen LogP contribution in [-0.2, 0) is 4.74 Å². The number of hydrogen-bond donors (Lipinski definition) is 0. The first kappa shape index (κ1) is 24.0. The second-order valence-electron chi connectivity index (χ2n) is 5.50. The minimum absolute atomic E-state index is 0.0190. The van der Waals surface area contributed by atoms with Gasteiger partial charge in [-0.3, -0.25) is 0 Å². The van der Waals surface area contributed by atoms with Gasteiger partial charge >= 0.3 is 0 Å². The van der Waals surface area contributed by atoms with Crippen molar-refractivity contribution < 1.29 is 9.47 Å². The highest BCUT2D eigenvalue weighted by atomic mass is 16.5. The summed E-state index contributed by atoms with van der Waals surface area (Å²) in [5, 5.41) is 0. The van der Waals surface area contributed by atoms with Crippen molar-refractivity contribution in [1.82, 2.24) is 0 Å². The first-order chi connectivity index (χ1) is 11.0. The molecule has 0 unspecified atom stereocenters. The Kier molecular flexibility index (Phi) is 14.9. The number of methoxy groups -OCH3 is 2. The summed E-state index contributed by atoms with van der Waals surface area (Å²) in [7, 11) is 3.48. The van der Waals surface area contributed by atoms with Crippen molar-refractivity contribution in [3.63, 3.8) is 0 Å². The molecule has 1 rings (SSSR count). The predicted octanol–water partition coefficient (Wildman–Crippen LogP) is 6.66.